The van der Waals surface area contributed by atoms with Crippen molar-refractivity contribution in [2.75, 3.05) is 0 Å². The predicted octanol–water partition coefficient (Wildman–Crippen LogP) is 2.80. The molecule has 0 fully saturated rings. The second kappa shape index (κ2) is 5.00. The van der Waals surface area contributed by atoms with E-state index < -0.39 is 10.8 Å². The van der Waals surface area contributed by atoms with Crippen LogP contribution in [-0.4, -0.2) is 5.97 Å². The Kier molecular flexibility index (Phi) is 3.92. The molecule has 0 saturated heterocycles. The van der Waals surface area contributed by atoms with E-state index in [9.17, 15) is 4.79 Å². The van der Waals surface area contributed by atoms with Crippen molar-refractivity contribution < 1.29 is 9.53 Å². The molecule has 0 aromatic heterocycles. The van der Waals surface area contributed by atoms with Crippen LogP contribution in [0.4, 0.5) is 0 Å². The first-order chi connectivity index (χ1) is 7.53. The van der Waals surface area contributed by atoms with Crippen LogP contribution in [0.2, 0.25) is 0 Å². The molecule has 0 saturated carbocycles. The number of carbonyl (C=O) groups excluding carboxylic acids is 1. The second-order valence-electron chi connectivity index (χ2n) is 3.71. The van der Waals surface area contributed by atoms with Crippen molar-refractivity contribution in [2.24, 2.45) is 5.92 Å². The van der Waals surface area contributed by atoms with E-state index in [0.29, 0.717) is 5.56 Å². The highest BCUT2D eigenvalue weighted by Crippen LogP contribution is 2.37. The van der Waals surface area contributed by atoms with Gasteiger partial charge in [-0.2, -0.15) is 0 Å². The summed E-state index contributed by atoms with van der Waals surface area (Å²) in [6.45, 7) is 3.61. The molecule has 0 aliphatic rings. The number of hydrogen-bond donors (Lipinski definition) is 0. The maximum absolute atomic E-state index is 11.7. The van der Waals surface area contributed by atoms with E-state index in [2.05, 4.69) is 4.74 Å². The van der Waals surface area contributed by atoms with E-state index in [0.717, 1.165) is 0 Å². The Labute approximate surface area is 99.6 Å². The van der Waals surface area contributed by atoms with E-state index in [1.165, 1.54) is 6.26 Å². The molecule has 0 aliphatic carbocycles. The number of alkyl halides is 1. The van der Waals surface area contributed by atoms with E-state index in [4.69, 9.17) is 16.9 Å². The van der Waals surface area contributed by atoms with Crippen molar-refractivity contribution in [3.63, 3.8) is 0 Å². The van der Waals surface area contributed by atoms with Crippen LogP contribution < -0.4 is 0 Å². The molecule has 0 N–H and O–H groups in total. The topological polar surface area (TPSA) is 50.1 Å². The number of halogens is 1. The molecule has 1 rings (SSSR count). The fourth-order valence-corrected chi connectivity index (χ4v) is 1.65. The number of rotatable bonds is 3. The van der Waals surface area contributed by atoms with Gasteiger partial charge in [-0.1, -0.05) is 44.2 Å². The van der Waals surface area contributed by atoms with Crippen LogP contribution in [-0.2, 0) is 14.4 Å². The lowest BCUT2D eigenvalue weighted by Crippen LogP contribution is -2.36. The maximum atomic E-state index is 11.7. The average Bonchev–Trinajstić information content (AvgIpc) is 2.29. The van der Waals surface area contributed by atoms with Crippen LogP contribution >= 0.6 is 11.6 Å². The summed E-state index contributed by atoms with van der Waals surface area (Å²) in [4.78, 5) is 10.4. The number of nitrogens with zero attached hydrogens (tertiary/aromatic N) is 1. The first-order valence-corrected chi connectivity index (χ1v) is 5.26. The van der Waals surface area contributed by atoms with Crippen molar-refractivity contribution in [1.82, 2.24) is 0 Å². The Bertz CT molecular complexity index is 411. The minimum absolute atomic E-state index is 0.183. The summed E-state index contributed by atoms with van der Waals surface area (Å²) < 4.78 is 4.36. The minimum atomic E-state index is -1.31. The molecule has 0 radical (unpaired) electrons. The number of carbonyl (C=O) groups is 1. The average molecular weight is 238 g/mol. The van der Waals surface area contributed by atoms with Crippen molar-refractivity contribution in [3.8, 4) is 6.26 Å². The molecule has 1 unspecified atom stereocenters. The lowest BCUT2D eigenvalue weighted by Gasteiger charge is -2.27. The third-order valence-corrected chi connectivity index (χ3v) is 3.23. The van der Waals surface area contributed by atoms with Gasteiger partial charge in [0.05, 0.1) is 0 Å². The van der Waals surface area contributed by atoms with Gasteiger partial charge in [0.2, 0.25) is 0 Å². The quantitative estimate of drug-likeness (QED) is 0.461. The van der Waals surface area contributed by atoms with Crippen LogP contribution in [0.5, 0.6) is 0 Å². The maximum Gasteiger partial charge on any atom is 0.347 e. The molecule has 1 aromatic carbocycles. The Morgan fingerprint density at radius 1 is 1.44 bits per heavy atom. The first kappa shape index (κ1) is 12.5. The smallest absolute Gasteiger partial charge is 0.347 e. The molecule has 1 atom stereocenters. The third-order valence-electron chi connectivity index (χ3n) is 2.42. The largest absolute Gasteiger partial charge is 0.349 e. The van der Waals surface area contributed by atoms with Gasteiger partial charge in [-0.05, 0) is 11.5 Å². The fraction of sp³-hybridized carbons (Fsp3) is 0.333. The zero-order chi connectivity index (χ0) is 12.2. The number of ether oxygens (including phenoxy) is 1. The first-order valence-electron chi connectivity index (χ1n) is 4.88. The predicted molar refractivity (Wildman–Crippen MR) is 60.5 cm³/mol. The standard InChI is InChI=1S/C12H12ClNO2/c1-9(2)12(13,11(15)16-8-14)10-6-4-3-5-7-10/h3-7,9H,1-2H3. The highest BCUT2D eigenvalue weighted by Gasteiger charge is 2.43. The molecule has 0 amide bonds. The van der Waals surface area contributed by atoms with E-state index in [-0.39, 0.29) is 5.92 Å². The van der Waals surface area contributed by atoms with E-state index in [1.54, 1.807) is 38.1 Å². The summed E-state index contributed by atoms with van der Waals surface area (Å²) in [5, 5.41) is 8.38. The Morgan fingerprint density at radius 2 is 2.00 bits per heavy atom. The molecule has 0 bridgehead atoms. The summed E-state index contributed by atoms with van der Waals surface area (Å²) in [6, 6.07) is 8.89. The normalized spacial score (nSPS) is 13.9. The molecule has 1 aromatic rings. The second-order valence-corrected chi connectivity index (χ2v) is 4.31. The lowest BCUT2D eigenvalue weighted by molar-refractivity contribution is -0.141. The molecule has 0 spiro atoms. The third kappa shape index (κ3) is 2.17. The van der Waals surface area contributed by atoms with Gasteiger partial charge in [-0.15, -0.1) is 16.9 Å². The van der Waals surface area contributed by atoms with Crippen molar-refractivity contribution in [1.29, 1.82) is 5.26 Å². The van der Waals surface area contributed by atoms with Crippen LogP contribution in [0.1, 0.15) is 19.4 Å². The Morgan fingerprint density at radius 3 is 2.44 bits per heavy atom. The van der Waals surface area contributed by atoms with Crippen LogP contribution in [0, 0.1) is 17.4 Å². The molecular weight excluding hydrogens is 226 g/mol. The van der Waals surface area contributed by atoms with Gasteiger partial charge in [0.25, 0.3) is 6.26 Å². The SMILES string of the molecule is CC(C)C(Cl)(C(=O)OC#N)c1ccccc1. The molecule has 0 aliphatic heterocycles. The van der Waals surface area contributed by atoms with Gasteiger partial charge in [-0.25, -0.2) is 4.79 Å². The molecule has 84 valence electrons. The van der Waals surface area contributed by atoms with E-state index in [1.807, 2.05) is 6.07 Å². The van der Waals surface area contributed by atoms with Gasteiger partial charge in [0.1, 0.15) is 0 Å². The van der Waals surface area contributed by atoms with Gasteiger partial charge >= 0.3 is 5.97 Å². The summed E-state index contributed by atoms with van der Waals surface area (Å²) in [6.07, 6.45) is 1.36. The molecule has 4 heteroatoms. The van der Waals surface area contributed by atoms with Crippen LogP contribution in [0.3, 0.4) is 0 Å². The lowest BCUT2D eigenvalue weighted by atomic mass is 9.87. The van der Waals surface area contributed by atoms with E-state index >= 15 is 0 Å². The van der Waals surface area contributed by atoms with Crippen molar-refractivity contribution in [3.05, 3.63) is 35.9 Å². The molecule has 3 nitrogen and oxygen atoms in total. The van der Waals surface area contributed by atoms with Gasteiger partial charge in [-0.3, -0.25) is 0 Å². The van der Waals surface area contributed by atoms with Crippen LogP contribution in [0.25, 0.3) is 0 Å². The Hall–Kier alpha value is -1.53. The van der Waals surface area contributed by atoms with Gasteiger partial charge in [0, 0.05) is 0 Å². The fourth-order valence-electron chi connectivity index (χ4n) is 1.48. The number of hydrogen-bond acceptors (Lipinski definition) is 3. The number of esters is 1. The summed E-state index contributed by atoms with van der Waals surface area (Å²) in [5.74, 6) is -0.921. The number of benzene rings is 1. The highest BCUT2D eigenvalue weighted by atomic mass is 35.5. The summed E-state index contributed by atoms with van der Waals surface area (Å²) in [7, 11) is 0. The van der Waals surface area contributed by atoms with Gasteiger partial charge in [0.15, 0.2) is 4.87 Å². The monoisotopic (exact) mass is 237 g/mol. The highest BCUT2D eigenvalue weighted by molar-refractivity contribution is 6.34. The van der Waals surface area contributed by atoms with Gasteiger partial charge < -0.3 is 4.74 Å². The summed E-state index contributed by atoms with van der Waals surface area (Å²) >= 11 is 6.30. The van der Waals surface area contributed by atoms with Crippen molar-refractivity contribution in [2.45, 2.75) is 18.7 Å². The van der Waals surface area contributed by atoms with Crippen LogP contribution in [0.15, 0.2) is 30.3 Å². The number of nitriles is 1. The minimum Gasteiger partial charge on any atom is -0.349 e. The molecular formula is C12H12ClNO2. The molecule has 0 heterocycles. The zero-order valence-electron chi connectivity index (χ0n) is 9.11. The molecule has 16 heavy (non-hydrogen) atoms. The summed E-state index contributed by atoms with van der Waals surface area (Å²) in [5.41, 5.74) is 0.631. The van der Waals surface area contributed by atoms with Crippen molar-refractivity contribution >= 4 is 17.6 Å². The zero-order valence-corrected chi connectivity index (χ0v) is 9.86. The Balaban J connectivity index is 3.18.